The molecule has 0 aliphatic heterocycles. The summed E-state index contributed by atoms with van der Waals surface area (Å²) < 4.78 is 32.1. The van der Waals surface area contributed by atoms with Gasteiger partial charge in [-0.2, -0.15) is 0 Å². The molecule has 0 fully saturated rings. The van der Waals surface area contributed by atoms with Gasteiger partial charge < -0.3 is 9.66 Å². The van der Waals surface area contributed by atoms with Gasteiger partial charge in [0.05, 0.1) is 16.2 Å². The van der Waals surface area contributed by atoms with Crippen molar-refractivity contribution in [1.82, 2.24) is 0 Å². The summed E-state index contributed by atoms with van der Waals surface area (Å²) in [5, 5.41) is 9.01. The molecule has 0 aliphatic rings. The van der Waals surface area contributed by atoms with Crippen LogP contribution in [-0.4, -0.2) is 29.4 Å². The number of hydrogen-bond donors (Lipinski definition) is 1. The van der Waals surface area contributed by atoms with Crippen LogP contribution < -0.4 is 29.6 Å². The maximum absolute atomic E-state index is 10.7. The van der Waals surface area contributed by atoms with Gasteiger partial charge in [0.15, 0.2) is 0 Å². The molecular formula is C16H33NaO4S. The first-order chi connectivity index (χ1) is 9.88. The van der Waals surface area contributed by atoms with Crippen LogP contribution in [0, 0.1) is 0 Å². The standard InChI is InChI=1S/C16H34O4S.Na/c1-3-4-9-13-16(17)14-11-8-6-5-7-10-12-15(2)21(18,19)20;/h15-17H,3-14H2,1-2H3,(H,18,19,20);/q;+1/p-1. The number of hydrogen-bond acceptors (Lipinski definition) is 4. The summed E-state index contributed by atoms with van der Waals surface area (Å²) >= 11 is 0. The molecule has 0 spiro atoms. The summed E-state index contributed by atoms with van der Waals surface area (Å²) in [6, 6.07) is 0. The summed E-state index contributed by atoms with van der Waals surface area (Å²) in [6.45, 7) is 3.65. The molecule has 0 aliphatic carbocycles. The van der Waals surface area contributed by atoms with Gasteiger partial charge in [-0.05, 0) is 26.2 Å². The largest absolute Gasteiger partial charge is 1.00 e. The fourth-order valence-corrected chi connectivity index (χ4v) is 2.89. The molecule has 0 saturated carbocycles. The van der Waals surface area contributed by atoms with Gasteiger partial charge in [-0.25, -0.2) is 8.42 Å². The van der Waals surface area contributed by atoms with E-state index in [9.17, 15) is 18.1 Å². The first kappa shape index (κ1) is 25.1. The average Bonchev–Trinajstić information content (AvgIpc) is 2.40. The van der Waals surface area contributed by atoms with Crippen LogP contribution in [0.3, 0.4) is 0 Å². The van der Waals surface area contributed by atoms with E-state index in [1.807, 2.05) is 0 Å². The second-order valence-electron chi connectivity index (χ2n) is 6.15. The van der Waals surface area contributed by atoms with E-state index in [-0.39, 0.29) is 35.7 Å². The van der Waals surface area contributed by atoms with Gasteiger partial charge >= 0.3 is 29.6 Å². The quantitative estimate of drug-likeness (QED) is 0.290. The minimum absolute atomic E-state index is 0. The summed E-state index contributed by atoms with van der Waals surface area (Å²) in [7, 11) is -4.10. The Morgan fingerprint density at radius 1 is 0.864 bits per heavy atom. The smallest absolute Gasteiger partial charge is 0.748 e. The Hall–Kier alpha value is 0.870. The Bertz CT molecular complexity index is 333. The summed E-state index contributed by atoms with van der Waals surface area (Å²) in [6.07, 6.45) is 11.9. The molecule has 0 rings (SSSR count). The number of aliphatic hydroxyl groups excluding tert-OH is 1. The van der Waals surface area contributed by atoms with Crippen molar-refractivity contribution in [2.24, 2.45) is 0 Å². The molecule has 1 N–H and O–H groups in total. The van der Waals surface area contributed by atoms with Gasteiger partial charge in [-0.3, -0.25) is 0 Å². The van der Waals surface area contributed by atoms with E-state index in [1.54, 1.807) is 0 Å². The van der Waals surface area contributed by atoms with Gasteiger partial charge in [0, 0.05) is 5.25 Å². The van der Waals surface area contributed by atoms with E-state index in [1.165, 1.54) is 19.8 Å². The van der Waals surface area contributed by atoms with E-state index >= 15 is 0 Å². The third-order valence-electron chi connectivity index (χ3n) is 4.03. The van der Waals surface area contributed by atoms with E-state index in [2.05, 4.69) is 6.92 Å². The first-order valence-corrected chi connectivity index (χ1v) is 9.97. The molecule has 2 unspecified atom stereocenters. The Morgan fingerprint density at radius 2 is 1.27 bits per heavy atom. The Balaban J connectivity index is 0. The summed E-state index contributed by atoms with van der Waals surface area (Å²) in [5.41, 5.74) is 0. The molecule has 4 nitrogen and oxygen atoms in total. The Labute approximate surface area is 159 Å². The summed E-state index contributed by atoms with van der Waals surface area (Å²) in [5.74, 6) is 0. The minimum Gasteiger partial charge on any atom is -0.748 e. The molecule has 0 heterocycles. The fourth-order valence-electron chi connectivity index (χ4n) is 2.44. The second-order valence-corrected chi connectivity index (χ2v) is 7.94. The van der Waals surface area contributed by atoms with Crippen molar-refractivity contribution < 1.29 is 47.6 Å². The maximum atomic E-state index is 10.7. The van der Waals surface area contributed by atoms with Gasteiger partial charge in [0.2, 0.25) is 0 Å². The third-order valence-corrected chi connectivity index (χ3v) is 5.25. The maximum Gasteiger partial charge on any atom is 1.00 e. The van der Waals surface area contributed by atoms with E-state index < -0.39 is 15.4 Å². The molecule has 128 valence electrons. The fraction of sp³-hybridized carbons (Fsp3) is 1.00. The number of aliphatic hydroxyl groups is 1. The molecular weight excluding hydrogens is 311 g/mol. The molecule has 0 aromatic heterocycles. The van der Waals surface area contributed by atoms with Crippen molar-refractivity contribution in [2.45, 2.75) is 102 Å². The Morgan fingerprint density at radius 3 is 1.73 bits per heavy atom. The zero-order chi connectivity index (χ0) is 16.1. The van der Waals surface area contributed by atoms with Crippen LogP contribution in [0.5, 0.6) is 0 Å². The minimum atomic E-state index is -4.10. The predicted octanol–water partition coefficient (Wildman–Crippen LogP) is 0.986. The van der Waals surface area contributed by atoms with E-state index in [4.69, 9.17) is 0 Å². The topological polar surface area (TPSA) is 77.4 Å². The van der Waals surface area contributed by atoms with Crippen molar-refractivity contribution in [3.63, 3.8) is 0 Å². The van der Waals surface area contributed by atoms with Crippen molar-refractivity contribution in [3.8, 4) is 0 Å². The van der Waals surface area contributed by atoms with E-state index in [0.717, 1.165) is 57.8 Å². The predicted molar refractivity (Wildman–Crippen MR) is 86.2 cm³/mol. The molecule has 0 bridgehead atoms. The third kappa shape index (κ3) is 15.8. The molecule has 22 heavy (non-hydrogen) atoms. The molecule has 0 aromatic rings. The Kier molecular flexibility index (Phi) is 17.6. The van der Waals surface area contributed by atoms with Crippen molar-refractivity contribution in [2.75, 3.05) is 0 Å². The average molecular weight is 344 g/mol. The zero-order valence-electron chi connectivity index (χ0n) is 14.7. The number of rotatable bonds is 14. The molecule has 0 saturated heterocycles. The van der Waals surface area contributed by atoms with Crippen molar-refractivity contribution >= 4 is 10.1 Å². The van der Waals surface area contributed by atoms with Crippen LogP contribution in [-0.2, 0) is 10.1 Å². The first-order valence-electron chi connectivity index (χ1n) is 8.50. The SMILES string of the molecule is CCCCCC(O)CCCCCCCCC(C)S(=O)(=O)[O-].[Na+]. The van der Waals surface area contributed by atoms with Gasteiger partial charge in [0.1, 0.15) is 0 Å². The molecule has 2 atom stereocenters. The molecule has 0 radical (unpaired) electrons. The second kappa shape index (κ2) is 15.4. The molecule has 6 heteroatoms. The van der Waals surface area contributed by atoms with Crippen LogP contribution in [0.1, 0.15) is 90.9 Å². The van der Waals surface area contributed by atoms with Crippen LogP contribution in [0.4, 0.5) is 0 Å². The normalized spacial score (nSPS) is 14.4. The van der Waals surface area contributed by atoms with Crippen LogP contribution >= 0.6 is 0 Å². The van der Waals surface area contributed by atoms with E-state index in [0.29, 0.717) is 6.42 Å². The monoisotopic (exact) mass is 344 g/mol. The van der Waals surface area contributed by atoms with Gasteiger partial charge in [-0.1, -0.05) is 64.7 Å². The van der Waals surface area contributed by atoms with Crippen LogP contribution in [0.2, 0.25) is 0 Å². The summed E-state index contributed by atoms with van der Waals surface area (Å²) in [4.78, 5) is 0. The molecule has 0 aromatic carbocycles. The number of unbranched alkanes of at least 4 members (excludes halogenated alkanes) is 7. The van der Waals surface area contributed by atoms with Gasteiger partial charge in [-0.15, -0.1) is 0 Å². The van der Waals surface area contributed by atoms with Crippen LogP contribution in [0.25, 0.3) is 0 Å². The zero-order valence-corrected chi connectivity index (χ0v) is 17.5. The van der Waals surface area contributed by atoms with Crippen molar-refractivity contribution in [3.05, 3.63) is 0 Å². The van der Waals surface area contributed by atoms with Crippen LogP contribution in [0.15, 0.2) is 0 Å². The van der Waals surface area contributed by atoms with Gasteiger partial charge in [0.25, 0.3) is 0 Å². The molecule has 0 amide bonds. The van der Waals surface area contributed by atoms with Crippen molar-refractivity contribution in [1.29, 1.82) is 0 Å².